The summed E-state index contributed by atoms with van der Waals surface area (Å²) in [5.74, 6) is -0.0427. The van der Waals surface area contributed by atoms with Crippen molar-refractivity contribution in [2.75, 3.05) is 32.6 Å². The Labute approximate surface area is 109 Å². The van der Waals surface area contributed by atoms with Crippen LogP contribution in [0.5, 0.6) is 0 Å². The topological polar surface area (TPSA) is 81.7 Å². The average molecular weight is 281 g/mol. The lowest BCUT2D eigenvalue weighted by Crippen LogP contribution is -2.30. The van der Waals surface area contributed by atoms with E-state index in [4.69, 9.17) is 4.74 Å². The maximum absolute atomic E-state index is 11.5. The van der Waals surface area contributed by atoms with Gasteiger partial charge in [-0.3, -0.25) is 4.79 Å². The fraction of sp³-hybridized carbons (Fsp3) is 0.909. The predicted molar refractivity (Wildman–Crippen MR) is 68.7 cm³/mol. The molecule has 0 radical (unpaired) electrons. The number of hydrogen-bond acceptors (Lipinski definition) is 5. The molecule has 0 aromatic carbocycles. The predicted octanol–water partition coefficient (Wildman–Crippen LogP) is 0.532. The molecule has 0 spiro atoms. The molecule has 0 saturated heterocycles. The number of ether oxygens (including phenoxy) is 2. The van der Waals surface area contributed by atoms with E-state index in [9.17, 15) is 13.2 Å². The van der Waals surface area contributed by atoms with Crippen LogP contribution in [0.4, 0.5) is 0 Å². The van der Waals surface area contributed by atoms with Crippen LogP contribution in [-0.2, 0) is 24.3 Å². The second-order valence-corrected chi connectivity index (χ2v) is 6.29. The van der Waals surface area contributed by atoms with E-state index in [0.29, 0.717) is 19.1 Å². The highest BCUT2D eigenvalue weighted by molar-refractivity contribution is 7.89. The zero-order valence-corrected chi connectivity index (χ0v) is 12.1. The molecule has 0 amide bonds. The minimum atomic E-state index is -3.32. The van der Waals surface area contributed by atoms with Crippen LogP contribution in [0.25, 0.3) is 0 Å². The lowest BCUT2D eigenvalue weighted by atomic mass is 10.2. The van der Waals surface area contributed by atoms with Gasteiger partial charge in [-0.05, 0) is 12.3 Å². The largest absolute Gasteiger partial charge is 0.469 e. The molecule has 0 fully saturated rings. The molecule has 0 saturated carbocycles. The molecule has 108 valence electrons. The smallest absolute Gasteiger partial charge is 0.305 e. The van der Waals surface area contributed by atoms with Gasteiger partial charge < -0.3 is 9.47 Å². The Bertz CT molecular complexity index is 326. The minimum absolute atomic E-state index is 0.0771. The van der Waals surface area contributed by atoms with E-state index in [2.05, 4.69) is 9.46 Å². The molecular weight excluding hydrogens is 258 g/mol. The number of esters is 1. The van der Waals surface area contributed by atoms with E-state index in [0.717, 1.165) is 0 Å². The van der Waals surface area contributed by atoms with Crippen LogP contribution in [0.15, 0.2) is 0 Å². The number of carbonyl (C=O) groups excluding carboxylic acids is 1. The van der Waals surface area contributed by atoms with Gasteiger partial charge in [0.05, 0.1) is 19.5 Å². The third-order valence-electron chi connectivity index (χ3n) is 2.04. The van der Waals surface area contributed by atoms with E-state index >= 15 is 0 Å². The molecular formula is C11H23NO5S. The molecule has 18 heavy (non-hydrogen) atoms. The molecule has 6 nitrogen and oxygen atoms in total. The molecule has 0 aromatic rings. The SMILES string of the molecule is COC(=O)CCCS(=O)(=O)NCCOCC(C)C. The molecule has 0 unspecified atom stereocenters. The van der Waals surface area contributed by atoms with Gasteiger partial charge in [0, 0.05) is 19.6 Å². The van der Waals surface area contributed by atoms with Gasteiger partial charge in [-0.1, -0.05) is 13.8 Å². The quantitative estimate of drug-likeness (QED) is 0.466. The number of hydrogen-bond donors (Lipinski definition) is 1. The molecule has 0 bridgehead atoms. The molecule has 0 rings (SSSR count). The summed E-state index contributed by atoms with van der Waals surface area (Å²) in [6, 6.07) is 0. The first kappa shape index (κ1) is 17.3. The van der Waals surface area contributed by atoms with Crippen molar-refractivity contribution in [3.05, 3.63) is 0 Å². The van der Waals surface area contributed by atoms with Crippen LogP contribution in [0.3, 0.4) is 0 Å². The summed E-state index contributed by atoms with van der Waals surface area (Å²) in [6.45, 7) is 5.28. The number of nitrogens with one attached hydrogen (secondary N) is 1. The van der Waals surface area contributed by atoms with Gasteiger partial charge in [-0.15, -0.1) is 0 Å². The van der Waals surface area contributed by atoms with Crippen molar-refractivity contribution in [2.45, 2.75) is 26.7 Å². The van der Waals surface area contributed by atoms with Crippen molar-refractivity contribution < 1.29 is 22.7 Å². The molecule has 0 aliphatic rings. The second kappa shape index (κ2) is 9.29. The Morgan fingerprint density at radius 2 is 2.00 bits per heavy atom. The van der Waals surface area contributed by atoms with Gasteiger partial charge >= 0.3 is 5.97 Å². The molecule has 0 atom stereocenters. The zero-order chi connectivity index (χ0) is 14.0. The summed E-state index contributed by atoms with van der Waals surface area (Å²) in [5.41, 5.74) is 0. The Kier molecular flexibility index (Phi) is 8.95. The first-order valence-corrected chi connectivity index (χ1v) is 7.64. The number of carbonyl (C=O) groups is 1. The van der Waals surface area contributed by atoms with Crippen molar-refractivity contribution in [1.29, 1.82) is 0 Å². The zero-order valence-electron chi connectivity index (χ0n) is 11.3. The van der Waals surface area contributed by atoms with Crippen LogP contribution in [0.1, 0.15) is 26.7 Å². The van der Waals surface area contributed by atoms with E-state index in [1.54, 1.807) is 0 Å². The maximum atomic E-state index is 11.5. The minimum Gasteiger partial charge on any atom is -0.469 e. The summed E-state index contributed by atoms with van der Waals surface area (Å²) in [4.78, 5) is 10.8. The van der Waals surface area contributed by atoms with Crippen molar-refractivity contribution in [2.24, 2.45) is 5.92 Å². The first-order chi connectivity index (χ1) is 8.37. The first-order valence-electron chi connectivity index (χ1n) is 5.99. The monoisotopic (exact) mass is 281 g/mol. The lowest BCUT2D eigenvalue weighted by molar-refractivity contribution is -0.140. The van der Waals surface area contributed by atoms with Gasteiger partial charge in [0.2, 0.25) is 10.0 Å². The summed E-state index contributed by atoms with van der Waals surface area (Å²) in [5, 5.41) is 0. The number of rotatable bonds is 10. The Balaban J connectivity index is 3.64. The summed E-state index contributed by atoms with van der Waals surface area (Å²) in [7, 11) is -2.05. The Hall–Kier alpha value is -0.660. The molecule has 0 heterocycles. The van der Waals surface area contributed by atoms with Crippen LogP contribution in [0, 0.1) is 5.92 Å². The summed E-state index contributed by atoms with van der Waals surface area (Å²) in [6.07, 6.45) is 0.371. The van der Waals surface area contributed by atoms with Crippen LogP contribution >= 0.6 is 0 Å². The van der Waals surface area contributed by atoms with Crippen molar-refractivity contribution in [1.82, 2.24) is 4.72 Å². The van der Waals surface area contributed by atoms with E-state index in [1.165, 1.54) is 7.11 Å². The highest BCUT2D eigenvalue weighted by Crippen LogP contribution is 1.96. The van der Waals surface area contributed by atoms with E-state index < -0.39 is 16.0 Å². The highest BCUT2D eigenvalue weighted by Gasteiger charge is 2.10. The van der Waals surface area contributed by atoms with Gasteiger partial charge in [-0.2, -0.15) is 0 Å². The van der Waals surface area contributed by atoms with Crippen molar-refractivity contribution in [3.8, 4) is 0 Å². The van der Waals surface area contributed by atoms with Gasteiger partial charge in [0.1, 0.15) is 0 Å². The number of sulfonamides is 1. The molecule has 7 heteroatoms. The molecule has 0 aliphatic carbocycles. The van der Waals surface area contributed by atoms with Crippen LogP contribution in [-0.4, -0.2) is 47.0 Å². The maximum Gasteiger partial charge on any atom is 0.305 e. The van der Waals surface area contributed by atoms with E-state index in [-0.39, 0.29) is 25.1 Å². The standard InChI is InChI=1S/C11H23NO5S/c1-10(2)9-17-7-6-12-18(14,15)8-4-5-11(13)16-3/h10,12H,4-9H2,1-3H3. The fourth-order valence-corrected chi connectivity index (χ4v) is 2.23. The third-order valence-corrected chi connectivity index (χ3v) is 3.51. The highest BCUT2D eigenvalue weighted by atomic mass is 32.2. The van der Waals surface area contributed by atoms with Crippen LogP contribution < -0.4 is 4.72 Å². The van der Waals surface area contributed by atoms with Crippen molar-refractivity contribution >= 4 is 16.0 Å². The number of methoxy groups -OCH3 is 1. The van der Waals surface area contributed by atoms with Gasteiger partial charge in [0.15, 0.2) is 0 Å². The third kappa shape index (κ3) is 10.5. The molecule has 0 aromatic heterocycles. The van der Waals surface area contributed by atoms with Crippen molar-refractivity contribution in [3.63, 3.8) is 0 Å². The lowest BCUT2D eigenvalue weighted by Gasteiger charge is -2.08. The van der Waals surface area contributed by atoms with Gasteiger partial charge in [-0.25, -0.2) is 13.1 Å². The molecule has 0 aliphatic heterocycles. The summed E-state index contributed by atoms with van der Waals surface area (Å²) < 4.78 is 35.1. The molecule has 1 N–H and O–H groups in total. The second-order valence-electron chi connectivity index (χ2n) is 4.36. The van der Waals surface area contributed by atoms with E-state index in [1.807, 2.05) is 13.8 Å². The summed E-state index contributed by atoms with van der Waals surface area (Å²) >= 11 is 0. The normalized spacial score (nSPS) is 11.8. The Morgan fingerprint density at radius 3 is 2.56 bits per heavy atom. The Morgan fingerprint density at radius 1 is 1.33 bits per heavy atom. The van der Waals surface area contributed by atoms with Crippen LogP contribution in [0.2, 0.25) is 0 Å². The average Bonchev–Trinajstić information content (AvgIpc) is 2.27. The fourth-order valence-electron chi connectivity index (χ4n) is 1.17. The van der Waals surface area contributed by atoms with Gasteiger partial charge in [0.25, 0.3) is 0 Å².